The zero-order valence-corrected chi connectivity index (χ0v) is 15.2. The van der Waals surface area contributed by atoms with Gasteiger partial charge in [-0.1, -0.05) is 13.0 Å². The Kier molecular flexibility index (Phi) is 6.22. The van der Waals surface area contributed by atoms with E-state index >= 15 is 0 Å². The molecule has 0 spiro atoms. The molecule has 0 aliphatic heterocycles. The first-order chi connectivity index (χ1) is 11.9. The third-order valence-corrected chi connectivity index (χ3v) is 3.94. The molecule has 0 aliphatic rings. The van der Waals surface area contributed by atoms with Crippen LogP contribution in [0.15, 0.2) is 35.3 Å². The number of pyridine rings is 1. The van der Waals surface area contributed by atoms with E-state index in [9.17, 15) is 9.59 Å². The van der Waals surface area contributed by atoms with Crippen LogP contribution in [0.2, 0.25) is 0 Å². The lowest BCUT2D eigenvalue weighted by Gasteiger charge is -2.12. The topological polar surface area (TPSA) is 72.4 Å². The van der Waals surface area contributed by atoms with Crippen LogP contribution in [-0.4, -0.2) is 17.2 Å². The van der Waals surface area contributed by atoms with Crippen LogP contribution in [0.3, 0.4) is 0 Å². The summed E-state index contributed by atoms with van der Waals surface area (Å²) in [4.78, 5) is 24.2. The van der Waals surface area contributed by atoms with E-state index in [0.29, 0.717) is 18.8 Å². The van der Waals surface area contributed by atoms with Crippen LogP contribution < -0.4 is 20.9 Å². The Bertz CT molecular complexity index is 812. The van der Waals surface area contributed by atoms with Crippen molar-refractivity contribution in [2.24, 2.45) is 7.05 Å². The summed E-state index contributed by atoms with van der Waals surface area (Å²) in [6.45, 7) is 6.88. The first kappa shape index (κ1) is 18.6. The van der Waals surface area contributed by atoms with E-state index in [1.54, 1.807) is 26.2 Å². The molecule has 0 unspecified atom stereocenters. The number of carbonyl (C=O) groups excluding carboxylic acids is 1. The predicted octanol–water partition coefficient (Wildman–Crippen LogP) is 3.11. The van der Waals surface area contributed by atoms with Gasteiger partial charge in [-0.2, -0.15) is 0 Å². The number of amides is 2. The van der Waals surface area contributed by atoms with Crippen molar-refractivity contribution in [3.63, 3.8) is 0 Å². The number of ether oxygens (including phenoxy) is 1. The Morgan fingerprint density at radius 3 is 2.64 bits per heavy atom. The van der Waals surface area contributed by atoms with Gasteiger partial charge in [0.2, 0.25) is 0 Å². The van der Waals surface area contributed by atoms with Gasteiger partial charge in [0.05, 0.1) is 6.61 Å². The van der Waals surface area contributed by atoms with Crippen molar-refractivity contribution in [2.75, 3.05) is 11.9 Å². The minimum atomic E-state index is -0.405. The highest BCUT2D eigenvalue weighted by Crippen LogP contribution is 2.17. The van der Waals surface area contributed by atoms with Crippen LogP contribution in [-0.2, 0) is 13.6 Å². The normalized spacial score (nSPS) is 10.4. The molecule has 1 aromatic carbocycles. The summed E-state index contributed by atoms with van der Waals surface area (Å²) in [5.41, 5.74) is 2.83. The molecule has 134 valence electrons. The first-order valence-electron chi connectivity index (χ1n) is 8.35. The Morgan fingerprint density at radius 2 is 1.96 bits per heavy atom. The maximum atomic E-state index is 12.1. The lowest BCUT2D eigenvalue weighted by atomic mass is 10.1. The number of nitrogens with zero attached hydrogens (tertiary/aromatic N) is 1. The van der Waals surface area contributed by atoms with Crippen LogP contribution in [0.5, 0.6) is 5.75 Å². The van der Waals surface area contributed by atoms with Crippen molar-refractivity contribution in [3.8, 4) is 5.75 Å². The third kappa shape index (κ3) is 4.86. The number of hydrogen-bond acceptors (Lipinski definition) is 3. The summed E-state index contributed by atoms with van der Waals surface area (Å²) in [6.07, 6.45) is 2.63. The molecule has 2 rings (SSSR count). The molecule has 1 aromatic heterocycles. The summed E-state index contributed by atoms with van der Waals surface area (Å²) in [7, 11) is 1.65. The van der Waals surface area contributed by atoms with E-state index in [0.717, 1.165) is 28.9 Å². The molecule has 2 amide bonds. The van der Waals surface area contributed by atoms with Crippen molar-refractivity contribution >= 4 is 11.7 Å². The number of hydrogen-bond donors (Lipinski definition) is 2. The Labute approximate surface area is 147 Å². The van der Waals surface area contributed by atoms with Gasteiger partial charge in [-0.3, -0.25) is 4.79 Å². The highest BCUT2D eigenvalue weighted by Gasteiger charge is 2.10. The van der Waals surface area contributed by atoms with Gasteiger partial charge in [0.1, 0.15) is 11.4 Å². The number of benzene rings is 1. The molecule has 2 N–H and O–H groups in total. The van der Waals surface area contributed by atoms with Gasteiger partial charge < -0.3 is 19.9 Å². The van der Waals surface area contributed by atoms with Gasteiger partial charge in [0.15, 0.2) is 0 Å². The molecule has 0 saturated heterocycles. The smallest absolute Gasteiger partial charge is 0.319 e. The van der Waals surface area contributed by atoms with Gasteiger partial charge >= 0.3 is 6.03 Å². The van der Waals surface area contributed by atoms with Gasteiger partial charge in [-0.15, -0.1) is 0 Å². The van der Waals surface area contributed by atoms with Gasteiger partial charge in [0, 0.05) is 19.8 Å². The number of rotatable bonds is 6. The number of carbonyl (C=O) groups is 1. The van der Waals surface area contributed by atoms with Crippen LogP contribution >= 0.6 is 0 Å². The van der Waals surface area contributed by atoms with Crippen LogP contribution in [0.25, 0.3) is 0 Å². The fourth-order valence-corrected chi connectivity index (χ4v) is 2.38. The van der Waals surface area contributed by atoms with Crippen LogP contribution in [0.1, 0.15) is 30.0 Å². The highest BCUT2D eigenvalue weighted by molar-refractivity contribution is 5.89. The Hall–Kier alpha value is -2.76. The van der Waals surface area contributed by atoms with Crippen molar-refractivity contribution in [2.45, 2.75) is 33.7 Å². The van der Waals surface area contributed by atoms with Gasteiger partial charge in [0.25, 0.3) is 5.56 Å². The zero-order chi connectivity index (χ0) is 18.4. The van der Waals surface area contributed by atoms with Crippen molar-refractivity contribution in [1.29, 1.82) is 0 Å². The Morgan fingerprint density at radius 1 is 1.20 bits per heavy atom. The molecule has 0 atom stereocenters. The number of aryl methyl sites for hydroxylation is 3. The van der Waals surface area contributed by atoms with Crippen LogP contribution in [0.4, 0.5) is 10.5 Å². The second-order valence-corrected chi connectivity index (χ2v) is 6.03. The van der Waals surface area contributed by atoms with Crippen molar-refractivity contribution < 1.29 is 9.53 Å². The molecular formula is C19H25N3O3. The molecule has 0 radical (unpaired) electrons. The average Bonchev–Trinajstić information content (AvgIpc) is 2.59. The number of urea groups is 1. The van der Waals surface area contributed by atoms with Gasteiger partial charge in [-0.05, 0) is 55.2 Å². The Balaban J connectivity index is 1.99. The summed E-state index contributed by atoms with van der Waals surface area (Å²) >= 11 is 0. The molecule has 25 heavy (non-hydrogen) atoms. The zero-order valence-electron chi connectivity index (χ0n) is 15.2. The quantitative estimate of drug-likeness (QED) is 0.846. The minimum Gasteiger partial charge on any atom is -0.494 e. The molecule has 0 bridgehead atoms. The van der Waals surface area contributed by atoms with E-state index in [1.807, 2.05) is 25.1 Å². The first-order valence-corrected chi connectivity index (χ1v) is 8.35. The monoisotopic (exact) mass is 343 g/mol. The molecule has 0 saturated carbocycles. The number of nitrogens with one attached hydrogen (secondary N) is 2. The van der Waals surface area contributed by atoms with E-state index in [2.05, 4.69) is 17.6 Å². The molecule has 0 aliphatic carbocycles. The summed E-state index contributed by atoms with van der Waals surface area (Å²) in [5.74, 6) is 0.830. The largest absolute Gasteiger partial charge is 0.494 e. The van der Waals surface area contributed by atoms with Crippen LogP contribution in [0, 0.1) is 13.8 Å². The second-order valence-electron chi connectivity index (χ2n) is 6.03. The molecule has 6 heteroatoms. The average molecular weight is 343 g/mol. The van der Waals surface area contributed by atoms with E-state index in [4.69, 9.17) is 4.74 Å². The van der Waals surface area contributed by atoms with Gasteiger partial charge in [-0.25, -0.2) is 4.79 Å². The number of anilines is 1. The maximum Gasteiger partial charge on any atom is 0.319 e. The molecule has 2 aromatic rings. The molecule has 0 fully saturated rings. The van der Waals surface area contributed by atoms with E-state index in [-0.39, 0.29) is 5.56 Å². The predicted molar refractivity (Wildman–Crippen MR) is 99.2 cm³/mol. The van der Waals surface area contributed by atoms with Crippen molar-refractivity contribution in [3.05, 3.63) is 57.5 Å². The fraction of sp³-hybridized carbons (Fsp3) is 0.368. The summed E-state index contributed by atoms with van der Waals surface area (Å²) < 4.78 is 7.03. The highest BCUT2D eigenvalue weighted by atomic mass is 16.5. The minimum absolute atomic E-state index is 0.233. The van der Waals surface area contributed by atoms with Crippen molar-refractivity contribution in [1.82, 2.24) is 9.88 Å². The summed E-state index contributed by atoms with van der Waals surface area (Å²) in [6, 6.07) is 7.18. The molecule has 1 heterocycles. The second kappa shape index (κ2) is 8.37. The SMILES string of the molecule is CCCOc1ccc(CNC(=O)Nc2c(C)ccn(C)c2=O)c(C)c1. The molecular weight excluding hydrogens is 318 g/mol. The third-order valence-electron chi connectivity index (χ3n) is 3.94. The van der Waals surface area contributed by atoms with E-state index in [1.165, 1.54) is 4.57 Å². The lowest BCUT2D eigenvalue weighted by Crippen LogP contribution is -2.32. The summed E-state index contributed by atoms with van der Waals surface area (Å²) in [5, 5.41) is 5.43. The number of aromatic nitrogens is 1. The maximum absolute atomic E-state index is 12.1. The lowest BCUT2D eigenvalue weighted by molar-refractivity contribution is 0.251. The van der Waals surface area contributed by atoms with E-state index < -0.39 is 6.03 Å². The fourth-order valence-electron chi connectivity index (χ4n) is 2.38. The molecule has 6 nitrogen and oxygen atoms in total. The standard InChI is InChI=1S/C19H25N3O3/c1-5-10-25-16-7-6-15(14(3)11-16)12-20-19(24)21-17-13(2)8-9-22(4)18(17)23/h6-9,11H,5,10,12H2,1-4H3,(H2,20,21,24).